The van der Waals surface area contributed by atoms with Gasteiger partial charge in [-0.3, -0.25) is 14.9 Å². The standard InChI is InChI=1S/C13H17ClN4O3/c14-12-11(18(20)21)10(4-6-15-12)13(19)16-5-3-9-17-7-1-2-8-17/h4,6H,1-3,5,7-9H2,(H,16,19). The summed E-state index contributed by atoms with van der Waals surface area (Å²) in [5, 5.41) is 13.4. The fourth-order valence-corrected chi connectivity index (χ4v) is 2.62. The van der Waals surface area contributed by atoms with Crippen LogP contribution in [0, 0.1) is 10.1 Å². The van der Waals surface area contributed by atoms with Crippen LogP contribution in [0.5, 0.6) is 0 Å². The number of amides is 1. The number of carbonyl (C=O) groups excluding carboxylic acids is 1. The number of hydrogen-bond acceptors (Lipinski definition) is 5. The Morgan fingerprint density at radius 3 is 2.86 bits per heavy atom. The van der Waals surface area contributed by atoms with Crippen LogP contribution in [0.15, 0.2) is 12.3 Å². The van der Waals surface area contributed by atoms with Gasteiger partial charge in [0.25, 0.3) is 5.91 Å². The van der Waals surface area contributed by atoms with E-state index in [1.54, 1.807) is 0 Å². The summed E-state index contributed by atoms with van der Waals surface area (Å²) >= 11 is 5.68. The summed E-state index contributed by atoms with van der Waals surface area (Å²) < 4.78 is 0. The molecule has 7 nitrogen and oxygen atoms in total. The Kier molecular flexibility index (Phi) is 5.46. The van der Waals surface area contributed by atoms with Crippen LogP contribution < -0.4 is 5.32 Å². The quantitative estimate of drug-likeness (QED) is 0.375. The lowest BCUT2D eigenvalue weighted by Gasteiger charge is -2.14. The molecule has 2 heterocycles. The van der Waals surface area contributed by atoms with Gasteiger partial charge in [-0.25, -0.2) is 4.98 Å². The Labute approximate surface area is 127 Å². The number of aromatic nitrogens is 1. The van der Waals surface area contributed by atoms with Gasteiger partial charge in [0.15, 0.2) is 0 Å². The van der Waals surface area contributed by atoms with Crippen molar-refractivity contribution in [2.24, 2.45) is 0 Å². The van der Waals surface area contributed by atoms with Crippen LogP contribution in [0.2, 0.25) is 5.15 Å². The first-order valence-corrected chi connectivity index (χ1v) is 7.27. The lowest BCUT2D eigenvalue weighted by atomic mass is 10.2. The van der Waals surface area contributed by atoms with Gasteiger partial charge in [-0.05, 0) is 45.0 Å². The third kappa shape index (κ3) is 4.12. The monoisotopic (exact) mass is 312 g/mol. The minimum Gasteiger partial charge on any atom is -0.352 e. The second kappa shape index (κ2) is 7.33. The number of likely N-dealkylation sites (tertiary alicyclic amines) is 1. The highest BCUT2D eigenvalue weighted by atomic mass is 35.5. The number of nitrogens with one attached hydrogen (secondary N) is 1. The molecule has 0 saturated carbocycles. The topological polar surface area (TPSA) is 88.4 Å². The zero-order valence-electron chi connectivity index (χ0n) is 11.5. The molecule has 0 radical (unpaired) electrons. The zero-order chi connectivity index (χ0) is 15.2. The Bertz CT molecular complexity index is 532. The molecule has 1 saturated heterocycles. The Morgan fingerprint density at radius 1 is 1.48 bits per heavy atom. The number of nitro groups is 1. The van der Waals surface area contributed by atoms with E-state index in [2.05, 4.69) is 15.2 Å². The number of rotatable bonds is 6. The van der Waals surface area contributed by atoms with Crippen molar-refractivity contribution >= 4 is 23.2 Å². The summed E-state index contributed by atoms with van der Waals surface area (Å²) in [5.41, 5.74) is -0.502. The lowest BCUT2D eigenvalue weighted by molar-refractivity contribution is -0.385. The van der Waals surface area contributed by atoms with E-state index in [1.807, 2.05) is 0 Å². The second-order valence-corrected chi connectivity index (χ2v) is 5.27. The van der Waals surface area contributed by atoms with Crippen LogP contribution in [0.1, 0.15) is 29.6 Å². The second-order valence-electron chi connectivity index (χ2n) is 4.91. The molecule has 21 heavy (non-hydrogen) atoms. The molecule has 2 rings (SSSR count). The first-order chi connectivity index (χ1) is 10.1. The van der Waals surface area contributed by atoms with E-state index in [0.29, 0.717) is 6.54 Å². The minimum atomic E-state index is -0.686. The summed E-state index contributed by atoms with van der Waals surface area (Å²) in [7, 11) is 0. The summed E-state index contributed by atoms with van der Waals surface area (Å²) in [6.07, 6.45) is 4.56. The first kappa shape index (κ1) is 15.7. The van der Waals surface area contributed by atoms with Crippen molar-refractivity contribution in [1.82, 2.24) is 15.2 Å². The molecular weight excluding hydrogens is 296 g/mol. The first-order valence-electron chi connectivity index (χ1n) is 6.89. The van der Waals surface area contributed by atoms with Crippen molar-refractivity contribution in [3.63, 3.8) is 0 Å². The van der Waals surface area contributed by atoms with E-state index < -0.39 is 16.5 Å². The third-order valence-electron chi connectivity index (χ3n) is 3.44. The highest BCUT2D eigenvalue weighted by Crippen LogP contribution is 2.25. The van der Waals surface area contributed by atoms with Gasteiger partial charge in [-0.1, -0.05) is 11.6 Å². The van der Waals surface area contributed by atoms with Crippen LogP contribution in [0.4, 0.5) is 5.69 Å². The van der Waals surface area contributed by atoms with Crippen molar-refractivity contribution in [3.05, 3.63) is 33.1 Å². The summed E-state index contributed by atoms with van der Waals surface area (Å²) in [5.74, 6) is -0.493. The molecule has 114 valence electrons. The van der Waals surface area contributed by atoms with Crippen LogP contribution in [-0.4, -0.2) is 46.9 Å². The molecule has 0 aromatic carbocycles. The molecule has 1 aromatic heterocycles. The van der Waals surface area contributed by atoms with Crippen LogP contribution in [0.25, 0.3) is 0 Å². The summed E-state index contributed by atoms with van der Waals surface area (Å²) in [6, 6.07) is 1.31. The molecule has 0 atom stereocenters. The van der Waals surface area contributed by atoms with Crippen molar-refractivity contribution in [2.45, 2.75) is 19.3 Å². The van der Waals surface area contributed by atoms with Gasteiger partial charge < -0.3 is 10.2 Å². The Hall–Kier alpha value is -1.73. The molecule has 1 aliphatic rings. The van der Waals surface area contributed by atoms with E-state index in [0.717, 1.165) is 26.1 Å². The predicted molar refractivity (Wildman–Crippen MR) is 78.5 cm³/mol. The molecule has 1 aromatic rings. The van der Waals surface area contributed by atoms with Gasteiger partial charge in [-0.15, -0.1) is 0 Å². The van der Waals surface area contributed by atoms with Crippen LogP contribution in [-0.2, 0) is 0 Å². The van der Waals surface area contributed by atoms with Gasteiger partial charge >= 0.3 is 5.69 Å². The largest absolute Gasteiger partial charge is 0.352 e. The predicted octanol–water partition coefficient (Wildman–Crippen LogP) is 1.86. The van der Waals surface area contributed by atoms with Crippen LogP contribution in [0.3, 0.4) is 0 Å². The lowest BCUT2D eigenvalue weighted by Crippen LogP contribution is -2.29. The molecular formula is C13H17ClN4O3. The average Bonchev–Trinajstić information content (AvgIpc) is 2.95. The van der Waals surface area contributed by atoms with Gasteiger partial charge in [0.1, 0.15) is 5.56 Å². The minimum absolute atomic E-state index is 0.0545. The van der Waals surface area contributed by atoms with E-state index in [-0.39, 0.29) is 10.7 Å². The SMILES string of the molecule is O=C(NCCCN1CCCC1)c1ccnc(Cl)c1[N+](=O)[O-]. The third-order valence-corrected chi connectivity index (χ3v) is 3.72. The fourth-order valence-electron chi connectivity index (χ4n) is 2.39. The van der Waals surface area contributed by atoms with Crippen molar-refractivity contribution in [3.8, 4) is 0 Å². The van der Waals surface area contributed by atoms with Crippen molar-refractivity contribution < 1.29 is 9.72 Å². The van der Waals surface area contributed by atoms with Gasteiger partial charge in [0, 0.05) is 12.7 Å². The zero-order valence-corrected chi connectivity index (χ0v) is 12.3. The number of halogens is 1. The highest BCUT2D eigenvalue weighted by Gasteiger charge is 2.24. The Balaban J connectivity index is 1.88. The fraction of sp³-hybridized carbons (Fsp3) is 0.538. The van der Waals surface area contributed by atoms with Gasteiger partial charge in [0.05, 0.1) is 4.92 Å². The van der Waals surface area contributed by atoms with Gasteiger partial charge in [-0.2, -0.15) is 0 Å². The van der Waals surface area contributed by atoms with Crippen molar-refractivity contribution in [2.75, 3.05) is 26.2 Å². The van der Waals surface area contributed by atoms with E-state index in [1.165, 1.54) is 25.1 Å². The van der Waals surface area contributed by atoms with E-state index >= 15 is 0 Å². The average molecular weight is 313 g/mol. The highest BCUT2D eigenvalue weighted by molar-refractivity contribution is 6.32. The van der Waals surface area contributed by atoms with Crippen molar-refractivity contribution in [1.29, 1.82) is 0 Å². The molecule has 1 amide bonds. The maximum atomic E-state index is 12.0. The maximum absolute atomic E-state index is 12.0. The van der Waals surface area contributed by atoms with E-state index in [9.17, 15) is 14.9 Å². The maximum Gasteiger partial charge on any atom is 0.319 e. The molecule has 1 aliphatic heterocycles. The summed E-state index contributed by atoms with van der Waals surface area (Å²) in [4.78, 5) is 28.2. The molecule has 1 N–H and O–H groups in total. The Morgan fingerprint density at radius 2 is 2.19 bits per heavy atom. The number of hydrogen-bond donors (Lipinski definition) is 1. The molecule has 0 spiro atoms. The molecule has 0 aliphatic carbocycles. The normalized spacial score (nSPS) is 15.1. The number of nitrogens with zero attached hydrogens (tertiary/aromatic N) is 3. The van der Waals surface area contributed by atoms with E-state index in [4.69, 9.17) is 11.6 Å². The number of carbonyl (C=O) groups is 1. The smallest absolute Gasteiger partial charge is 0.319 e. The van der Waals surface area contributed by atoms with Crippen LogP contribution >= 0.6 is 11.6 Å². The molecule has 0 unspecified atom stereocenters. The molecule has 0 bridgehead atoms. The molecule has 1 fully saturated rings. The molecule has 8 heteroatoms. The summed E-state index contributed by atoms with van der Waals surface area (Å²) in [6.45, 7) is 3.63. The number of pyridine rings is 1. The van der Waals surface area contributed by atoms with Gasteiger partial charge in [0.2, 0.25) is 5.15 Å².